The molecule has 0 aliphatic rings. The van der Waals surface area contributed by atoms with Gasteiger partial charge in [-0.05, 0) is 44.2 Å². The summed E-state index contributed by atoms with van der Waals surface area (Å²) >= 11 is 5.96. The number of alkyl halides is 1. The molecule has 1 aromatic heterocycles. The molecule has 106 valence electrons. The van der Waals surface area contributed by atoms with E-state index in [0.29, 0.717) is 19.0 Å². The average molecular weight is 291 g/mol. The fourth-order valence-corrected chi connectivity index (χ4v) is 2.19. The highest BCUT2D eigenvalue weighted by atomic mass is 35.5. The number of benzene rings is 1. The van der Waals surface area contributed by atoms with Crippen LogP contribution in [0.15, 0.2) is 36.4 Å². The summed E-state index contributed by atoms with van der Waals surface area (Å²) < 4.78 is 5.54. The summed E-state index contributed by atoms with van der Waals surface area (Å²) in [6.45, 7) is 5.29. The number of pyridine rings is 1. The first-order valence-corrected chi connectivity index (χ1v) is 7.24. The lowest BCUT2D eigenvalue weighted by atomic mass is 10.2. The highest BCUT2D eigenvalue weighted by Crippen LogP contribution is 2.24. The molecule has 0 saturated heterocycles. The Morgan fingerprint density at radius 2 is 2.10 bits per heavy atom. The van der Waals surface area contributed by atoms with Crippen LogP contribution < -0.4 is 10.1 Å². The molecule has 2 rings (SSSR count). The van der Waals surface area contributed by atoms with E-state index in [0.717, 1.165) is 28.4 Å². The van der Waals surface area contributed by atoms with E-state index in [-0.39, 0.29) is 0 Å². The number of hydrogen-bond acceptors (Lipinski definition) is 3. The Morgan fingerprint density at radius 3 is 2.80 bits per heavy atom. The minimum Gasteiger partial charge on any atom is -0.494 e. The SMILES string of the molecule is CCOc1ccc(NCc2cccc(C)n2)cc1CCl. The Morgan fingerprint density at radius 1 is 1.25 bits per heavy atom. The van der Waals surface area contributed by atoms with Crippen molar-refractivity contribution >= 4 is 17.3 Å². The van der Waals surface area contributed by atoms with E-state index >= 15 is 0 Å². The third-order valence-corrected chi connectivity index (χ3v) is 3.21. The maximum atomic E-state index is 5.96. The lowest BCUT2D eigenvalue weighted by Crippen LogP contribution is -2.03. The van der Waals surface area contributed by atoms with E-state index < -0.39 is 0 Å². The van der Waals surface area contributed by atoms with Crippen LogP contribution in [-0.4, -0.2) is 11.6 Å². The molecule has 0 saturated carbocycles. The molecule has 1 N–H and O–H groups in total. The molecule has 0 fully saturated rings. The first-order valence-electron chi connectivity index (χ1n) is 6.71. The number of rotatable bonds is 6. The van der Waals surface area contributed by atoms with Crippen LogP contribution in [0.25, 0.3) is 0 Å². The van der Waals surface area contributed by atoms with E-state index in [1.54, 1.807) is 0 Å². The first-order chi connectivity index (χ1) is 9.72. The van der Waals surface area contributed by atoms with E-state index in [1.807, 2.05) is 50.2 Å². The number of hydrogen-bond donors (Lipinski definition) is 1. The predicted octanol–water partition coefficient (Wildman–Crippen LogP) is 4.14. The number of aryl methyl sites for hydroxylation is 1. The molecule has 20 heavy (non-hydrogen) atoms. The minimum absolute atomic E-state index is 0.438. The molecule has 4 heteroatoms. The van der Waals surface area contributed by atoms with Gasteiger partial charge in [0.15, 0.2) is 0 Å². The van der Waals surface area contributed by atoms with E-state index in [2.05, 4.69) is 10.3 Å². The monoisotopic (exact) mass is 290 g/mol. The molecule has 0 amide bonds. The summed E-state index contributed by atoms with van der Waals surface area (Å²) in [5, 5.41) is 3.36. The second kappa shape index (κ2) is 7.15. The molecular weight excluding hydrogens is 272 g/mol. The summed E-state index contributed by atoms with van der Waals surface area (Å²) in [5.74, 6) is 1.29. The first kappa shape index (κ1) is 14.7. The lowest BCUT2D eigenvalue weighted by molar-refractivity contribution is 0.337. The molecule has 3 nitrogen and oxygen atoms in total. The molecule has 0 bridgehead atoms. The van der Waals surface area contributed by atoms with Crippen molar-refractivity contribution in [3.05, 3.63) is 53.3 Å². The molecule has 0 atom stereocenters. The number of nitrogens with one attached hydrogen (secondary N) is 1. The third-order valence-electron chi connectivity index (χ3n) is 2.92. The molecule has 0 unspecified atom stereocenters. The maximum Gasteiger partial charge on any atom is 0.123 e. The van der Waals surface area contributed by atoms with Crippen LogP contribution in [-0.2, 0) is 12.4 Å². The predicted molar refractivity (Wildman–Crippen MR) is 83.5 cm³/mol. The number of anilines is 1. The van der Waals surface area contributed by atoms with Crippen molar-refractivity contribution in [1.82, 2.24) is 4.98 Å². The van der Waals surface area contributed by atoms with E-state index in [1.165, 1.54) is 0 Å². The molecule has 0 aliphatic heterocycles. The lowest BCUT2D eigenvalue weighted by Gasteiger charge is -2.12. The summed E-state index contributed by atoms with van der Waals surface area (Å²) in [6, 6.07) is 12.0. The summed E-state index contributed by atoms with van der Waals surface area (Å²) in [5.41, 5.74) is 4.06. The second-order valence-electron chi connectivity index (χ2n) is 4.51. The third kappa shape index (κ3) is 3.87. The van der Waals surface area contributed by atoms with Gasteiger partial charge in [-0.2, -0.15) is 0 Å². The van der Waals surface area contributed by atoms with Gasteiger partial charge in [-0.3, -0.25) is 4.98 Å². The zero-order chi connectivity index (χ0) is 14.4. The van der Waals surface area contributed by atoms with Gasteiger partial charge in [0.25, 0.3) is 0 Å². The van der Waals surface area contributed by atoms with Crippen molar-refractivity contribution in [1.29, 1.82) is 0 Å². The molecule has 0 radical (unpaired) electrons. The van der Waals surface area contributed by atoms with Crippen LogP contribution in [0.2, 0.25) is 0 Å². The smallest absolute Gasteiger partial charge is 0.123 e. The summed E-state index contributed by atoms with van der Waals surface area (Å²) in [4.78, 5) is 4.46. The van der Waals surface area contributed by atoms with Crippen molar-refractivity contribution in [3.63, 3.8) is 0 Å². The van der Waals surface area contributed by atoms with Gasteiger partial charge >= 0.3 is 0 Å². The van der Waals surface area contributed by atoms with Gasteiger partial charge in [-0.1, -0.05) is 6.07 Å². The molecule has 2 aromatic rings. The number of nitrogens with zero attached hydrogens (tertiary/aromatic N) is 1. The molecule has 1 heterocycles. The van der Waals surface area contributed by atoms with Gasteiger partial charge in [0, 0.05) is 16.9 Å². The standard InChI is InChI=1S/C16H19ClN2O/c1-3-20-16-8-7-14(9-13(16)10-17)18-11-15-6-4-5-12(2)19-15/h4-9,18H,3,10-11H2,1-2H3. The zero-order valence-electron chi connectivity index (χ0n) is 11.8. The molecular formula is C16H19ClN2O. The Balaban J connectivity index is 2.06. The Hall–Kier alpha value is -1.74. The highest BCUT2D eigenvalue weighted by Gasteiger charge is 2.04. The van der Waals surface area contributed by atoms with Gasteiger partial charge in [0.1, 0.15) is 5.75 Å². The topological polar surface area (TPSA) is 34.1 Å². The van der Waals surface area contributed by atoms with Crippen molar-refractivity contribution in [2.75, 3.05) is 11.9 Å². The average Bonchev–Trinajstić information content (AvgIpc) is 2.46. The molecule has 0 aliphatic carbocycles. The van der Waals surface area contributed by atoms with E-state index in [9.17, 15) is 0 Å². The summed E-state index contributed by atoms with van der Waals surface area (Å²) in [7, 11) is 0. The largest absolute Gasteiger partial charge is 0.494 e. The quantitative estimate of drug-likeness (QED) is 0.812. The number of ether oxygens (including phenoxy) is 1. The van der Waals surface area contributed by atoms with Gasteiger partial charge in [0.05, 0.1) is 24.7 Å². The zero-order valence-corrected chi connectivity index (χ0v) is 12.6. The van der Waals surface area contributed by atoms with Gasteiger partial charge in [-0.25, -0.2) is 0 Å². The van der Waals surface area contributed by atoms with Crippen LogP contribution in [0.1, 0.15) is 23.9 Å². The fourth-order valence-electron chi connectivity index (χ4n) is 1.98. The van der Waals surface area contributed by atoms with Crippen LogP contribution in [0, 0.1) is 6.92 Å². The van der Waals surface area contributed by atoms with Crippen molar-refractivity contribution in [3.8, 4) is 5.75 Å². The normalized spacial score (nSPS) is 10.3. The maximum absolute atomic E-state index is 5.96. The second-order valence-corrected chi connectivity index (χ2v) is 4.78. The number of halogens is 1. The van der Waals surface area contributed by atoms with Crippen molar-refractivity contribution < 1.29 is 4.74 Å². The van der Waals surface area contributed by atoms with Crippen LogP contribution >= 0.6 is 11.6 Å². The summed E-state index contributed by atoms with van der Waals surface area (Å²) in [6.07, 6.45) is 0. The minimum atomic E-state index is 0.438. The van der Waals surface area contributed by atoms with Gasteiger partial charge in [-0.15, -0.1) is 11.6 Å². The fraction of sp³-hybridized carbons (Fsp3) is 0.312. The van der Waals surface area contributed by atoms with E-state index in [4.69, 9.17) is 16.3 Å². The highest BCUT2D eigenvalue weighted by molar-refractivity contribution is 6.17. The Kier molecular flexibility index (Phi) is 5.24. The Bertz CT molecular complexity index is 572. The Labute approximate surface area is 124 Å². The van der Waals surface area contributed by atoms with Crippen molar-refractivity contribution in [2.45, 2.75) is 26.3 Å². The van der Waals surface area contributed by atoms with Crippen LogP contribution in [0.3, 0.4) is 0 Å². The molecule has 1 aromatic carbocycles. The molecule has 0 spiro atoms. The van der Waals surface area contributed by atoms with Gasteiger partial charge in [0.2, 0.25) is 0 Å². The van der Waals surface area contributed by atoms with Gasteiger partial charge < -0.3 is 10.1 Å². The number of aromatic nitrogens is 1. The van der Waals surface area contributed by atoms with Crippen LogP contribution in [0.4, 0.5) is 5.69 Å². The van der Waals surface area contributed by atoms with Crippen LogP contribution in [0.5, 0.6) is 5.75 Å². The van der Waals surface area contributed by atoms with Crippen molar-refractivity contribution in [2.24, 2.45) is 0 Å².